The Morgan fingerprint density at radius 1 is 1.28 bits per heavy atom. The van der Waals surface area contributed by atoms with Crippen molar-refractivity contribution in [2.45, 2.75) is 18.8 Å². The van der Waals surface area contributed by atoms with E-state index in [-0.39, 0.29) is 24.7 Å². The number of nitrogens with one attached hydrogen (secondary N) is 1. The Labute approximate surface area is 156 Å². The highest BCUT2D eigenvalue weighted by Crippen LogP contribution is 2.26. The van der Waals surface area contributed by atoms with Crippen molar-refractivity contribution in [2.24, 2.45) is 0 Å². The summed E-state index contributed by atoms with van der Waals surface area (Å²) < 4.78 is 5.20. The highest BCUT2D eigenvalue weighted by Gasteiger charge is 2.18. The van der Waals surface area contributed by atoms with Gasteiger partial charge in [-0.05, 0) is 29.8 Å². The Balaban J connectivity index is 0.00000225. The number of aromatic nitrogens is 2. The summed E-state index contributed by atoms with van der Waals surface area (Å²) in [4.78, 5) is 19.0. The lowest BCUT2D eigenvalue weighted by atomic mass is 9.92. The summed E-state index contributed by atoms with van der Waals surface area (Å²) in [6.07, 6.45) is 0.535. The second-order valence-electron chi connectivity index (χ2n) is 5.62. The quantitative estimate of drug-likeness (QED) is 0.662. The smallest absolute Gasteiger partial charge is 0.303 e. The molecule has 0 fully saturated rings. The third-order valence-electron chi connectivity index (χ3n) is 3.94. The monoisotopic (exact) mass is 380 g/mol. The maximum absolute atomic E-state index is 11.2. The number of aliphatic carboxylic acids is 1. The number of halogens is 2. The molecule has 3 rings (SSSR count). The number of carboxylic acids is 1. The number of H-pyrrole nitrogens is 1. The highest BCUT2D eigenvalue weighted by atomic mass is 35.5. The lowest BCUT2D eigenvalue weighted by molar-refractivity contribution is -0.137. The number of imidazole rings is 1. The van der Waals surface area contributed by atoms with Gasteiger partial charge in [-0.2, -0.15) is 0 Å². The Bertz CT molecular complexity index is 862. The molecule has 0 spiro atoms. The molecule has 0 aliphatic carbocycles. The zero-order chi connectivity index (χ0) is 17.1. The first-order chi connectivity index (χ1) is 11.5. The van der Waals surface area contributed by atoms with Crippen LogP contribution in [0.1, 0.15) is 23.7 Å². The van der Waals surface area contributed by atoms with Crippen molar-refractivity contribution in [1.29, 1.82) is 0 Å². The normalized spacial score (nSPS) is 11.8. The summed E-state index contributed by atoms with van der Waals surface area (Å²) in [7, 11) is 1.61. The number of nitrogens with zero attached hydrogens (tertiary/aromatic N) is 1. The van der Waals surface area contributed by atoms with Gasteiger partial charge in [0.2, 0.25) is 0 Å². The Hall–Kier alpha value is -2.24. The molecule has 25 heavy (non-hydrogen) atoms. The molecule has 1 unspecified atom stereocenters. The van der Waals surface area contributed by atoms with Crippen LogP contribution in [0.5, 0.6) is 5.75 Å². The van der Waals surface area contributed by atoms with E-state index in [1.807, 2.05) is 30.3 Å². The van der Waals surface area contributed by atoms with Crippen LogP contribution in [0.3, 0.4) is 0 Å². The number of benzene rings is 2. The predicted octanol–water partition coefficient (Wildman–Crippen LogP) is 4.45. The van der Waals surface area contributed by atoms with Crippen LogP contribution in [0.15, 0.2) is 42.5 Å². The average molecular weight is 381 g/mol. The van der Waals surface area contributed by atoms with Gasteiger partial charge in [0, 0.05) is 23.4 Å². The van der Waals surface area contributed by atoms with Gasteiger partial charge in [0.05, 0.1) is 24.6 Å². The van der Waals surface area contributed by atoms with Crippen LogP contribution in [0.4, 0.5) is 0 Å². The predicted molar refractivity (Wildman–Crippen MR) is 100 cm³/mol. The second-order valence-corrected chi connectivity index (χ2v) is 6.05. The van der Waals surface area contributed by atoms with E-state index in [9.17, 15) is 9.90 Å². The minimum absolute atomic E-state index is 0. The maximum Gasteiger partial charge on any atom is 0.303 e. The number of hydrogen-bond donors (Lipinski definition) is 2. The highest BCUT2D eigenvalue weighted by molar-refractivity contribution is 6.30. The zero-order valence-corrected chi connectivity index (χ0v) is 15.1. The van der Waals surface area contributed by atoms with Gasteiger partial charge in [-0.1, -0.05) is 23.7 Å². The number of carboxylic acid groups (broad SMARTS) is 1. The van der Waals surface area contributed by atoms with E-state index in [4.69, 9.17) is 16.3 Å². The molecular weight excluding hydrogens is 363 g/mol. The first-order valence-electron chi connectivity index (χ1n) is 7.55. The Kier molecular flexibility index (Phi) is 6.28. The fourth-order valence-corrected chi connectivity index (χ4v) is 2.88. The van der Waals surface area contributed by atoms with Crippen molar-refractivity contribution < 1.29 is 14.6 Å². The maximum atomic E-state index is 11.2. The number of hydrogen-bond acceptors (Lipinski definition) is 3. The van der Waals surface area contributed by atoms with Crippen molar-refractivity contribution in [3.63, 3.8) is 0 Å². The third-order valence-corrected chi connectivity index (χ3v) is 4.19. The molecule has 0 aliphatic heterocycles. The van der Waals surface area contributed by atoms with Crippen molar-refractivity contribution in [2.75, 3.05) is 7.11 Å². The summed E-state index contributed by atoms with van der Waals surface area (Å²) in [5.74, 6) is 0.467. The summed E-state index contributed by atoms with van der Waals surface area (Å²) in [6.45, 7) is 0. The molecule has 0 aliphatic rings. The van der Waals surface area contributed by atoms with Crippen molar-refractivity contribution >= 4 is 41.0 Å². The van der Waals surface area contributed by atoms with Crippen LogP contribution in [-0.2, 0) is 11.2 Å². The Morgan fingerprint density at radius 3 is 2.64 bits per heavy atom. The second kappa shape index (κ2) is 8.23. The number of methoxy groups -OCH3 is 1. The average Bonchev–Trinajstić information content (AvgIpc) is 2.95. The molecule has 132 valence electrons. The number of carbonyl (C=O) groups is 1. The Morgan fingerprint density at radius 2 is 2.00 bits per heavy atom. The minimum Gasteiger partial charge on any atom is -0.497 e. The fraction of sp³-hybridized carbons (Fsp3) is 0.222. The number of fused-ring (bicyclic) bond motifs is 1. The van der Waals surface area contributed by atoms with E-state index in [1.54, 1.807) is 19.2 Å². The number of rotatable bonds is 6. The van der Waals surface area contributed by atoms with Gasteiger partial charge in [0.1, 0.15) is 11.6 Å². The lowest BCUT2D eigenvalue weighted by Crippen LogP contribution is -2.10. The van der Waals surface area contributed by atoms with E-state index in [0.29, 0.717) is 11.4 Å². The molecule has 0 amide bonds. The molecule has 1 atom stereocenters. The van der Waals surface area contributed by atoms with Crippen molar-refractivity contribution in [1.82, 2.24) is 9.97 Å². The summed E-state index contributed by atoms with van der Waals surface area (Å²) in [6, 6.07) is 12.9. The summed E-state index contributed by atoms with van der Waals surface area (Å²) >= 11 is 5.92. The molecule has 2 N–H and O–H groups in total. The molecular formula is C18H18Cl2N2O3. The topological polar surface area (TPSA) is 75.2 Å². The lowest BCUT2D eigenvalue weighted by Gasteiger charge is -2.14. The van der Waals surface area contributed by atoms with Crippen LogP contribution < -0.4 is 4.74 Å². The summed E-state index contributed by atoms with van der Waals surface area (Å²) in [5, 5.41) is 9.84. The van der Waals surface area contributed by atoms with Gasteiger partial charge in [-0.25, -0.2) is 4.98 Å². The van der Waals surface area contributed by atoms with E-state index in [1.165, 1.54) is 0 Å². The SMILES string of the molecule is COc1ccc2[nH]c(CC(CC(=O)O)c3ccc(Cl)cc3)nc2c1.Cl. The summed E-state index contributed by atoms with van der Waals surface area (Å²) in [5.41, 5.74) is 2.63. The molecule has 2 aromatic carbocycles. The van der Waals surface area contributed by atoms with Crippen molar-refractivity contribution in [3.05, 3.63) is 58.9 Å². The van der Waals surface area contributed by atoms with Gasteiger partial charge in [0.15, 0.2) is 0 Å². The van der Waals surface area contributed by atoms with Crippen LogP contribution in [-0.4, -0.2) is 28.2 Å². The van der Waals surface area contributed by atoms with Gasteiger partial charge >= 0.3 is 5.97 Å². The molecule has 0 bridgehead atoms. The molecule has 0 saturated carbocycles. The van der Waals surface area contributed by atoms with Crippen LogP contribution in [0.2, 0.25) is 5.02 Å². The molecule has 5 nitrogen and oxygen atoms in total. The fourth-order valence-electron chi connectivity index (χ4n) is 2.75. The molecule has 3 aromatic rings. The first kappa shape index (κ1) is 19.1. The van der Waals surface area contributed by atoms with E-state index in [0.717, 1.165) is 28.2 Å². The molecule has 1 aromatic heterocycles. The molecule has 0 saturated heterocycles. The van der Waals surface area contributed by atoms with Crippen LogP contribution >= 0.6 is 24.0 Å². The minimum atomic E-state index is -0.840. The number of aromatic amines is 1. The van der Waals surface area contributed by atoms with E-state index in [2.05, 4.69) is 9.97 Å². The molecule has 1 heterocycles. The van der Waals surface area contributed by atoms with Crippen LogP contribution in [0, 0.1) is 0 Å². The van der Waals surface area contributed by atoms with Crippen LogP contribution in [0.25, 0.3) is 11.0 Å². The van der Waals surface area contributed by atoms with E-state index < -0.39 is 5.97 Å². The molecule has 0 radical (unpaired) electrons. The van der Waals surface area contributed by atoms with Gasteiger partial charge in [-0.3, -0.25) is 4.79 Å². The van der Waals surface area contributed by atoms with Gasteiger partial charge in [0.25, 0.3) is 0 Å². The van der Waals surface area contributed by atoms with Gasteiger partial charge in [-0.15, -0.1) is 12.4 Å². The first-order valence-corrected chi connectivity index (χ1v) is 7.93. The number of ether oxygens (including phenoxy) is 1. The van der Waals surface area contributed by atoms with Crippen molar-refractivity contribution in [3.8, 4) is 5.75 Å². The largest absolute Gasteiger partial charge is 0.497 e. The third kappa shape index (κ3) is 4.65. The van der Waals surface area contributed by atoms with Gasteiger partial charge < -0.3 is 14.8 Å². The standard InChI is InChI=1S/C18H17ClN2O3.ClH/c1-24-14-6-7-15-16(10-14)21-17(20-15)8-12(9-18(22)23)11-2-4-13(19)5-3-11;/h2-7,10,12H,8-9H2,1H3,(H,20,21)(H,22,23);1H. The van der Waals surface area contributed by atoms with E-state index >= 15 is 0 Å². The molecule has 7 heteroatoms. The zero-order valence-electron chi connectivity index (χ0n) is 13.5.